The van der Waals surface area contributed by atoms with Gasteiger partial charge in [0.15, 0.2) is 0 Å². The largest absolute Gasteiger partial charge is 0.298 e. The third-order valence-corrected chi connectivity index (χ3v) is 4.10. The molecule has 2 fully saturated rings. The number of piperidine rings is 1. The van der Waals surface area contributed by atoms with Crippen LogP contribution >= 0.6 is 0 Å². The molecule has 0 bridgehead atoms. The summed E-state index contributed by atoms with van der Waals surface area (Å²) in [5.41, 5.74) is 1.31. The average molecular weight is 222 g/mol. The van der Waals surface area contributed by atoms with Crippen molar-refractivity contribution in [1.29, 1.82) is 0 Å². The van der Waals surface area contributed by atoms with Crippen molar-refractivity contribution in [3.63, 3.8) is 0 Å². The number of hydrogen-bond donors (Lipinski definition) is 0. The van der Waals surface area contributed by atoms with Gasteiger partial charge in [0.05, 0.1) is 0 Å². The first kappa shape index (κ1) is 12.1. The quantitative estimate of drug-likeness (QED) is 0.677. The smallest absolute Gasteiger partial charge is 0.0224 e. The van der Waals surface area contributed by atoms with Crippen LogP contribution in [0.4, 0.5) is 0 Å². The molecule has 2 atom stereocenters. The predicted octanol–water partition coefficient (Wildman–Crippen LogP) is 2.51. The fraction of sp³-hybridized carbons (Fsp3) is 0.857. The second-order valence-electron chi connectivity index (χ2n) is 5.59. The maximum atomic E-state index is 4.07. The first-order valence-electron chi connectivity index (χ1n) is 6.83. The number of piperazine rings is 1. The minimum atomic E-state index is 0.756. The maximum Gasteiger partial charge on any atom is 0.0224 e. The van der Waals surface area contributed by atoms with Gasteiger partial charge in [0.1, 0.15) is 0 Å². The molecular formula is C14H26N2. The summed E-state index contributed by atoms with van der Waals surface area (Å²) in [6, 6.07) is 1.59. The van der Waals surface area contributed by atoms with Crippen LogP contribution in [0, 0.1) is 0 Å². The van der Waals surface area contributed by atoms with Crippen molar-refractivity contribution in [2.75, 3.05) is 26.2 Å². The van der Waals surface area contributed by atoms with Crippen LogP contribution in [-0.2, 0) is 0 Å². The van der Waals surface area contributed by atoms with Crippen LogP contribution in [0.2, 0.25) is 0 Å². The molecule has 2 rings (SSSR count). The minimum absolute atomic E-state index is 0.756. The van der Waals surface area contributed by atoms with Crippen molar-refractivity contribution in [3.8, 4) is 0 Å². The summed E-state index contributed by atoms with van der Waals surface area (Å²) in [5, 5.41) is 0. The van der Waals surface area contributed by atoms with Crippen molar-refractivity contribution in [2.45, 2.75) is 51.6 Å². The number of rotatable bonds is 3. The highest BCUT2D eigenvalue weighted by molar-refractivity contribution is 4.98. The highest BCUT2D eigenvalue weighted by Crippen LogP contribution is 2.25. The summed E-state index contributed by atoms with van der Waals surface area (Å²) >= 11 is 0. The minimum Gasteiger partial charge on any atom is -0.298 e. The standard InChI is InChI=1S/C14H26N2/c1-4-13-10-15-8-6-5-7-14(15)11-16(13)9-12(2)3/h13-14H,2,4-11H2,1,3H3. The Labute approximate surface area is 100 Å². The maximum absolute atomic E-state index is 4.07. The monoisotopic (exact) mass is 222 g/mol. The Hall–Kier alpha value is -0.340. The molecule has 0 saturated carbocycles. The Kier molecular flexibility index (Phi) is 4.04. The van der Waals surface area contributed by atoms with E-state index in [-0.39, 0.29) is 0 Å². The van der Waals surface area contributed by atoms with Gasteiger partial charge in [-0.25, -0.2) is 0 Å². The van der Waals surface area contributed by atoms with E-state index < -0.39 is 0 Å². The lowest BCUT2D eigenvalue weighted by Crippen LogP contribution is -2.59. The van der Waals surface area contributed by atoms with Crippen LogP contribution in [0.25, 0.3) is 0 Å². The summed E-state index contributed by atoms with van der Waals surface area (Å²) in [4.78, 5) is 5.39. The molecule has 0 amide bonds. The van der Waals surface area contributed by atoms with E-state index in [0.717, 1.165) is 18.6 Å². The van der Waals surface area contributed by atoms with Crippen molar-refractivity contribution in [1.82, 2.24) is 9.80 Å². The van der Waals surface area contributed by atoms with E-state index in [1.165, 1.54) is 50.9 Å². The third-order valence-electron chi connectivity index (χ3n) is 4.10. The lowest BCUT2D eigenvalue weighted by Gasteiger charge is -2.48. The van der Waals surface area contributed by atoms with Gasteiger partial charge in [0.2, 0.25) is 0 Å². The number of hydrogen-bond acceptors (Lipinski definition) is 2. The van der Waals surface area contributed by atoms with Gasteiger partial charge >= 0.3 is 0 Å². The van der Waals surface area contributed by atoms with Crippen LogP contribution in [0.15, 0.2) is 12.2 Å². The molecule has 92 valence electrons. The summed E-state index contributed by atoms with van der Waals surface area (Å²) in [6.45, 7) is 13.5. The van der Waals surface area contributed by atoms with E-state index in [2.05, 4.69) is 30.2 Å². The molecule has 2 heterocycles. The van der Waals surface area contributed by atoms with Crippen LogP contribution in [0.1, 0.15) is 39.5 Å². The molecule has 0 aromatic heterocycles. The zero-order valence-electron chi connectivity index (χ0n) is 10.9. The molecule has 0 aromatic carbocycles. The van der Waals surface area contributed by atoms with E-state index in [1.807, 2.05) is 0 Å². The summed E-state index contributed by atoms with van der Waals surface area (Å²) in [7, 11) is 0. The lowest BCUT2D eigenvalue weighted by atomic mass is 9.95. The summed E-state index contributed by atoms with van der Waals surface area (Å²) in [5.74, 6) is 0. The molecule has 0 aromatic rings. The Morgan fingerprint density at radius 2 is 2.12 bits per heavy atom. The first-order chi connectivity index (χ1) is 7.70. The van der Waals surface area contributed by atoms with Gasteiger partial charge in [-0.1, -0.05) is 25.5 Å². The van der Waals surface area contributed by atoms with Gasteiger partial charge in [-0.2, -0.15) is 0 Å². The van der Waals surface area contributed by atoms with Gasteiger partial charge in [-0.15, -0.1) is 0 Å². The third kappa shape index (κ3) is 2.67. The molecule has 2 aliphatic rings. The Balaban J connectivity index is 1.99. The van der Waals surface area contributed by atoms with Crippen LogP contribution in [0.5, 0.6) is 0 Å². The molecule has 16 heavy (non-hydrogen) atoms. The van der Waals surface area contributed by atoms with Gasteiger partial charge in [0.25, 0.3) is 0 Å². The SMILES string of the molecule is C=C(C)CN1CC2CCCCN2CC1CC. The van der Waals surface area contributed by atoms with Crippen LogP contribution in [-0.4, -0.2) is 48.1 Å². The highest BCUT2D eigenvalue weighted by Gasteiger charge is 2.33. The average Bonchev–Trinajstić information content (AvgIpc) is 2.27. The second kappa shape index (κ2) is 5.33. The molecule has 2 saturated heterocycles. The predicted molar refractivity (Wildman–Crippen MR) is 69.7 cm³/mol. The number of fused-ring (bicyclic) bond motifs is 1. The molecule has 2 unspecified atom stereocenters. The van der Waals surface area contributed by atoms with Gasteiger partial charge in [-0.3, -0.25) is 9.80 Å². The zero-order valence-corrected chi connectivity index (χ0v) is 10.9. The summed E-state index contributed by atoms with van der Waals surface area (Å²) < 4.78 is 0. The molecule has 2 nitrogen and oxygen atoms in total. The number of nitrogens with zero attached hydrogens (tertiary/aromatic N) is 2. The second-order valence-corrected chi connectivity index (χ2v) is 5.59. The molecule has 0 radical (unpaired) electrons. The zero-order chi connectivity index (χ0) is 11.5. The van der Waals surface area contributed by atoms with E-state index >= 15 is 0 Å². The van der Waals surface area contributed by atoms with E-state index in [9.17, 15) is 0 Å². The first-order valence-corrected chi connectivity index (χ1v) is 6.83. The van der Waals surface area contributed by atoms with Gasteiger partial charge in [-0.05, 0) is 32.7 Å². The van der Waals surface area contributed by atoms with Gasteiger partial charge < -0.3 is 0 Å². The normalized spacial score (nSPS) is 32.4. The van der Waals surface area contributed by atoms with Crippen LogP contribution < -0.4 is 0 Å². The molecule has 2 aliphatic heterocycles. The van der Waals surface area contributed by atoms with Crippen molar-refractivity contribution < 1.29 is 0 Å². The fourth-order valence-corrected chi connectivity index (χ4v) is 3.24. The van der Waals surface area contributed by atoms with E-state index in [0.29, 0.717) is 0 Å². The van der Waals surface area contributed by atoms with Crippen molar-refractivity contribution >= 4 is 0 Å². The molecule has 2 heteroatoms. The van der Waals surface area contributed by atoms with Gasteiger partial charge in [0, 0.05) is 31.7 Å². The Morgan fingerprint density at radius 3 is 2.81 bits per heavy atom. The van der Waals surface area contributed by atoms with E-state index in [4.69, 9.17) is 0 Å². The lowest BCUT2D eigenvalue weighted by molar-refractivity contribution is 0.0126. The molecular weight excluding hydrogens is 196 g/mol. The topological polar surface area (TPSA) is 6.48 Å². The van der Waals surface area contributed by atoms with Crippen LogP contribution in [0.3, 0.4) is 0 Å². The Morgan fingerprint density at radius 1 is 1.31 bits per heavy atom. The van der Waals surface area contributed by atoms with Crippen molar-refractivity contribution in [3.05, 3.63) is 12.2 Å². The van der Waals surface area contributed by atoms with E-state index in [1.54, 1.807) is 0 Å². The fourth-order valence-electron chi connectivity index (χ4n) is 3.24. The van der Waals surface area contributed by atoms with Crippen molar-refractivity contribution in [2.24, 2.45) is 0 Å². The summed E-state index contributed by atoms with van der Waals surface area (Å²) in [6.07, 6.45) is 5.52. The molecule has 0 N–H and O–H groups in total. The molecule has 0 aliphatic carbocycles. The Bertz CT molecular complexity index is 249. The molecule has 0 spiro atoms. The highest BCUT2D eigenvalue weighted by atomic mass is 15.3.